The van der Waals surface area contributed by atoms with Gasteiger partial charge in [-0.05, 0) is 23.8 Å². The van der Waals surface area contributed by atoms with Gasteiger partial charge in [0, 0.05) is 11.5 Å². The van der Waals surface area contributed by atoms with Crippen molar-refractivity contribution in [3.05, 3.63) is 65.7 Å². The van der Waals surface area contributed by atoms with Gasteiger partial charge in [0.15, 0.2) is 0 Å². The quantitative estimate of drug-likeness (QED) is 0.667. The van der Waals surface area contributed by atoms with E-state index < -0.39 is 17.5 Å². The number of allylic oxidation sites excluding steroid dienone is 3. The molecule has 1 N–H and O–H groups in total. The Bertz CT molecular complexity index is 680. The fourth-order valence-corrected chi connectivity index (χ4v) is 2.35. The molecule has 0 fully saturated rings. The van der Waals surface area contributed by atoms with E-state index in [0.29, 0.717) is 0 Å². The summed E-state index contributed by atoms with van der Waals surface area (Å²) in [4.78, 5) is 24.6. The highest BCUT2D eigenvalue weighted by atomic mass is 16.5. The predicted octanol–water partition coefficient (Wildman–Crippen LogP) is 2.24. The number of phenolic OH excluding ortho intramolecular Hbond substituents is 1. The van der Waals surface area contributed by atoms with Gasteiger partial charge in [-0.3, -0.25) is 9.59 Å². The lowest BCUT2D eigenvalue weighted by Gasteiger charge is -2.21. The first-order valence-electron chi connectivity index (χ1n) is 6.57. The third kappa shape index (κ3) is 2.65. The van der Waals surface area contributed by atoms with Crippen LogP contribution in [0.25, 0.3) is 0 Å². The number of rotatable bonds is 5. The van der Waals surface area contributed by atoms with Gasteiger partial charge in [-0.15, -0.1) is 6.58 Å². The zero-order chi connectivity index (χ0) is 16.3. The maximum absolute atomic E-state index is 12.5. The van der Waals surface area contributed by atoms with Gasteiger partial charge in [-0.25, -0.2) is 0 Å². The molecule has 0 spiro atoms. The molecule has 0 heterocycles. The highest BCUT2D eigenvalue weighted by Crippen LogP contribution is 2.32. The van der Waals surface area contributed by atoms with Crippen LogP contribution >= 0.6 is 0 Å². The zero-order valence-electron chi connectivity index (χ0n) is 12.3. The lowest BCUT2D eigenvalue weighted by atomic mass is 9.84. The number of methoxy groups -OCH3 is 2. The fraction of sp³-hybridized carbons (Fsp3) is 0.176. The number of phenols is 1. The number of ketones is 2. The molecular weight excluding hydrogens is 284 g/mol. The van der Waals surface area contributed by atoms with E-state index in [0.717, 1.165) is 5.56 Å². The lowest BCUT2D eigenvalue weighted by molar-refractivity contribution is -0.120. The van der Waals surface area contributed by atoms with Crippen LogP contribution in [-0.2, 0) is 19.1 Å². The van der Waals surface area contributed by atoms with E-state index in [9.17, 15) is 14.7 Å². The summed E-state index contributed by atoms with van der Waals surface area (Å²) in [5, 5.41) is 9.36. The number of ether oxygens (including phenoxy) is 2. The Labute approximate surface area is 128 Å². The van der Waals surface area contributed by atoms with E-state index >= 15 is 0 Å². The van der Waals surface area contributed by atoms with Crippen LogP contribution in [0.1, 0.15) is 11.5 Å². The molecule has 0 aliphatic heterocycles. The SMILES string of the molecule is C=CC(C1=CC(=O)C(OC)=C(OC)C1=O)c1ccc(O)cc1. The van der Waals surface area contributed by atoms with Gasteiger partial charge in [-0.1, -0.05) is 18.2 Å². The molecule has 0 bridgehead atoms. The first kappa shape index (κ1) is 15.6. The van der Waals surface area contributed by atoms with Crippen molar-refractivity contribution in [3.63, 3.8) is 0 Å². The molecule has 1 aromatic carbocycles. The molecule has 114 valence electrons. The van der Waals surface area contributed by atoms with E-state index in [2.05, 4.69) is 6.58 Å². The van der Waals surface area contributed by atoms with E-state index in [1.165, 1.54) is 32.4 Å². The molecule has 1 aliphatic rings. The summed E-state index contributed by atoms with van der Waals surface area (Å²) >= 11 is 0. The number of carbonyl (C=O) groups excluding carboxylic acids is 2. The second-order valence-corrected chi connectivity index (χ2v) is 4.66. The predicted molar refractivity (Wildman–Crippen MR) is 80.2 cm³/mol. The molecule has 22 heavy (non-hydrogen) atoms. The van der Waals surface area contributed by atoms with Gasteiger partial charge in [0.25, 0.3) is 0 Å². The average molecular weight is 300 g/mol. The molecule has 0 saturated heterocycles. The van der Waals surface area contributed by atoms with Crippen LogP contribution < -0.4 is 0 Å². The molecule has 1 atom stereocenters. The summed E-state index contributed by atoms with van der Waals surface area (Å²) in [6.45, 7) is 3.73. The number of benzene rings is 1. The number of hydrogen-bond acceptors (Lipinski definition) is 5. The van der Waals surface area contributed by atoms with Crippen molar-refractivity contribution in [2.45, 2.75) is 5.92 Å². The maximum atomic E-state index is 12.5. The van der Waals surface area contributed by atoms with Gasteiger partial charge in [0.05, 0.1) is 14.2 Å². The molecule has 2 rings (SSSR count). The Morgan fingerprint density at radius 1 is 1.09 bits per heavy atom. The molecule has 1 unspecified atom stereocenters. The van der Waals surface area contributed by atoms with Crippen LogP contribution in [0.4, 0.5) is 0 Å². The number of carbonyl (C=O) groups is 2. The summed E-state index contributed by atoms with van der Waals surface area (Å²) in [7, 11) is 2.62. The Balaban J connectivity index is 2.47. The normalized spacial score (nSPS) is 16.2. The monoisotopic (exact) mass is 300 g/mol. The van der Waals surface area contributed by atoms with Crippen molar-refractivity contribution >= 4 is 11.6 Å². The Hall–Kier alpha value is -2.82. The standard InChI is InChI=1S/C17H16O5/c1-4-12(10-5-7-11(18)8-6-10)13-9-14(19)16(21-2)17(22-3)15(13)20/h4-9,12,18H,1H2,2-3H3. The van der Waals surface area contributed by atoms with Gasteiger partial charge < -0.3 is 14.6 Å². The average Bonchev–Trinajstić information content (AvgIpc) is 2.52. The van der Waals surface area contributed by atoms with Crippen molar-refractivity contribution < 1.29 is 24.2 Å². The molecule has 5 nitrogen and oxygen atoms in total. The van der Waals surface area contributed by atoms with E-state index in [1.807, 2.05) is 0 Å². The van der Waals surface area contributed by atoms with Crippen LogP contribution in [0.2, 0.25) is 0 Å². The molecule has 0 aromatic heterocycles. The van der Waals surface area contributed by atoms with Crippen LogP contribution in [-0.4, -0.2) is 30.9 Å². The summed E-state index contributed by atoms with van der Waals surface area (Å²) in [5.74, 6) is -1.44. The molecule has 5 heteroatoms. The summed E-state index contributed by atoms with van der Waals surface area (Å²) < 4.78 is 9.97. The smallest absolute Gasteiger partial charge is 0.228 e. The molecule has 0 radical (unpaired) electrons. The second kappa shape index (κ2) is 6.30. The molecular formula is C17H16O5. The third-order valence-corrected chi connectivity index (χ3v) is 3.42. The van der Waals surface area contributed by atoms with E-state index in [-0.39, 0.29) is 22.8 Å². The summed E-state index contributed by atoms with van der Waals surface area (Å²) in [5.41, 5.74) is 0.986. The van der Waals surface area contributed by atoms with E-state index in [1.54, 1.807) is 18.2 Å². The minimum atomic E-state index is -0.486. The highest BCUT2D eigenvalue weighted by molar-refractivity contribution is 6.21. The van der Waals surface area contributed by atoms with Crippen molar-refractivity contribution in [3.8, 4) is 5.75 Å². The van der Waals surface area contributed by atoms with Crippen molar-refractivity contribution in [2.75, 3.05) is 14.2 Å². The Kier molecular flexibility index (Phi) is 4.46. The Morgan fingerprint density at radius 3 is 2.18 bits per heavy atom. The van der Waals surface area contributed by atoms with Crippen molar-refractivity contribution in [2.24, 2.45) is 0 Å². The summed E-state index contributed by atoms with van der Waals surface area (Å²) in [6, 6.07) is 6.36. The van der Waals surface area contributed by atoms with E-state index in [4.69, 9.17) is 9.47 Å². The molecule has 1 aromatic rings. The van der Waals surface area contributed by atoms with Crippen LogP contribution in [0.5, 0.6) is 5.75 Å². The summed E-state index contributed by atoms with van der Waals surface area (Å²) in [6.07, 6.45) is 2.80. The first-order valence-corrected chi connectivity index (χ1v) is 6.57. The van der Waals surface area contributed by atoms with Crippen molar-refractivity contribution in [1.82, 2.24) is 0 Å². The molecule has 1 aliphatic carbocycles. The van der Waals surface area contributed by atoms with Crippen LogP contribution in [0.15, 0.2) is 60.1 Å². The topological polar surface area (TPSA) is 72.8 Å². The first-order chi connectivity index (χ1) is 10.5. The fourth-order valence-electron chi connectivity index (χ4n) is 2.35. The Morgan fingerprint density at radius 2 is 1.68 bits per heavy atom. The van der Waals surface area contributed by atoms with Gasteiger partial charge in [0.1, 0.15) is 5.75 Å². The number of Topliss-reactive ketones (excluding diaryl/α,β-unsaturated/α-hetero) is 1. The zero-order valence-corrected chi connectivity index (χ0v) is 12.3. The van der Waals surface area contributed by atoms with Gasteiger partial charge in [0.2, 0.25) is 23.1 Å². The lowest BCUT2D eigenvalue weighted by Crippen LogP contribution is -2.24. The highest BCUT2D eigenvalue weighted by Gasteiger charge is 2.34. The molecule has 0 saturated carbocycles. The maximum Gasteiger partial charge on any atom is 0.228 e. The number of aromatic hydroxyl groups is 1. The van der Waals surface area contributed by atoms with Crippen LogP contribution in [0, 0.1) is 0 Å². The van der Waals surface area contributed by atoms with Crippen LogP contribution in [0.3, 0.4) is 0 Å². The second-order valence-electron chi connectivity index (χ2n) is 4.66. The van der Waals surface area contributed by atoms with Gasteiger partial charge >= 0.3 is 0 Å². The molecule has 0 amide bonds. The minimum absolute atomic E-state index is 0.107. The largest absolute Gasteiger partial charge is 0.508 e. The van der Waals surface area contributed by atoms with Gasteiger partial charge in [-0.2, -0.15) is 0 Å². The minimum Gasteiger partial charge on any atom is -0.508 e. The van der Waals surface area contributed by atoms with Crippen molar-refractivity contribution in [1.29, 1.82) is 0 Å². The third-order valence-electron chi connectivity index (χ3n) is 3.42. The number of hydrogen-bond donors (Lipinski definition) is 1.